The van der Waals surface area contributed by atoms with Gasteiger partial charge in [0, 0.05) is 5.56 Å². The molecule has 2 aliphatic carbocycles. The average Bonchev–Trinajstić information content (AvgIpc) is 3.08. The molecule has 4 unspecified atom stereocenters. The minimum Gasteiger partial charge on any atom is -0.496 e. The summed E-state index contributed by atoms with van der Waals surface area (Å²) in [5, 5.41) is 10.8. The summed E-state index contributed by atoms with van der Waals surface area (Å²) >= 11 is 3.46. The third-order valence-corrected chi connectivity index (χ3v) is 5.64. The fourth-order valence-corrected chi connectivity index (χ4v) is 4.51. The third-order valence-electron chi connectivity index (χ3n) is 5.02. The minimum absolute atomic E-state index is 0.369. The molecular formula is C16H21BrO3. The normalized spacial score (nSPS) is 29.5. The molecule has 2 saturated carbocycles. The van der Waals surface area contributed by atoms with Crippen LogP contribution in [-0.2, 0) is 0 Å². The van der Waals surface area contributed by atoms with E-state index >= 15 is 0 Å². The molecule has 0 radical (unpaired) electrons. The highest BCUT2D eigenvalue weighted by atomic mass is 79.9. The first kappa shape index (κ1) is 14.2. The summed E-state index contributed by atoms with van der Waals surface area (Å²) in [6.45, 7) is 0. The number of methoxy groups -OCH3 is 2. The van der Waals surface area contributed by atoms with E-state index in [0.29, 0.717) is 11.8 Å². The second-order valence-corrected chi connectivity index (χ2v) is 6.87. The van der Waals surface area contributed by atoms with Gasteiger partial charge in [-0.05, 0) is 65.1 Å². The topological polar surface area (TPSA) is 38.7 Å². The van der Waals surface area contributed by atoms with Gasteiger partial charge in [0.1, 0.15) is 11.5 Å². The van der Waals surface area contributed by atoms with Crippen molar-refractivity contribution in [1.29, 1.82) is 0 Å². The lowest BCUT2D eigenvalue weighted by molar-refractivity contribution is 0.0721. The van der Waals surface area contributed by atoms with Crippen LogP contribution in [-0.4, -0.2) is 19.3 Å². The summed E-state index contributed by atoms with van der Waals surface area (Å²) in [5.74, 6) is 3.34. The first-order valence-corrected chi connectivity index (χ1v) is 8.02. The standard InChI is InChI=1S/C16H21BrO3/c1-19-14-8-13(17)15(20-2)7-12(14)16(18)11-6-9-3-4-10(11)5-9/h7-11,16,18H,3-6H2,1-2H3. The van der Waals surface area contributed by atoms with Crippen molar-refractivity contribution < 1.29 is 14.6 Å². The summed E-state index contributed by atoms with van der Waals surface area (Å²) in [4.78, 5) is 0. The lowest BCUT2D eigenvalue weighted by Gasteiger charge is -2.28. The van der Waals surface area contributed by atoms with Crippen molar-refractivity contribution in [2.24, 2.45) is 17.8 Å². The van der Waals surface area contributed by atoms with Crippen molar-refractivity contribution in [1.82, 2.24) is 0 Å². The summed E-state index contributed by atoms with van der Waals surface area (Å²) in [5.41, 5.74) is 0.852. The second kappa shape index (κ2) is 5.57. The molecule has 4 atom stereocenters. The van der Waals surface area contributed by atoms with E-state index < -0.39 is 6.10 Å². The molecule has 0 saturated heterocycles. The molecule has 3 rings (SSSR count). The molecule has 110 valence electrons. The molecule has 2 aliphatic rings. The minimum atomic E-state index is -0.456. The number of aliphatic hydroxyl groups excluding tert-OH is 1. The van der Waals surface area contributed by atoms with Crippen LogP contribution in [0.4, 0.5) is 0 Å². The van der Waals surface area contributed by atoms with Gasteiger partial charge in [-0.25, -0.2) is 0 Å². The predicted molar refractivity (Wildman–Crippen MR) is 81.1 cm³/mol. The second-order valence-electron chi connectivity index (χ2n) is 6.01. The molecule has 20 heavy (non-hydrogen) atoms. The fraction of sp³-hybridized carbons (Fsp3) is 0.625. The summed E-state index contributed by atoms with van der Waals surface area (Å²) in [6, 6.07) is 3.78. The number of hydrogen-bond acceptors (Lipinski definition) is 3. The Morgan fingerprint density at radius 1 is 1.15 bits per heavy atom. The maximum atomic E-state index is 10.8. The predicted octanol–water partition coefficient (Wildman–Crippen LogP) is 3.94. The van der Waals surface area contributed by atoms with Crippen LogP contribution < -0.4 is 9.47 Å². The van der Waals surface area contributed by atoms with E-state index in [9.17, 15) is 5.11 Å². The Morgan fingerprint density at radius 2 is 1.90 bits per heavy atom. The number of ether oxygens (including phenoxy) is 2. The van der Waals surface area contributed by atoms with Crippen molar-refractivity contribution in [3.63, 3.8) is 0 Å². The van der Waals surface area contributed by atoms with E-state index in [0.717, 1.165) is 33.9 Å². The Morgan fingerprint density at radius 3 is 2.45 bits per heavy atom. The lowest BCUT2D eigenvalue weighted by Crippen LogP contribution is -2.19. The Hall–Kier alpha value is -0.740. The Bertz CT molecular complexity index is 503. The van der Waals surface area contributed by atoms with Gasteiger partial charge in [-0.15, -0.1) is 0 Å². The van der Waals surface area contributed by atoms with Crippen molar-refractivity contribution in [2.45, 2.75) is 31.8 Å². The van der Waals surface area contributed by atoms with Gasteiger partial charge in [0.05, 0.1) is 24.8 Å². The van der Waals surface area contributed by atoms with Crippen molar-refractivity contribution in [3.05, 3.63) is 22.2 Å². The van der Waals surface area contributed by atoms with Gasteiger partial charge in [0.15, 0.2) is 0 Å². The zero-order valence-corrected chi connectivity index (χ0v) is 13.5. The number of hydrogen-bond donors (Lipinski definition) is 1. The quantitative estimate of drug-likeness (QED) is 0.902. The maximum absolute atomic E-state index is 10.8. The van der Waals surface area contributed by atoms with Gasteiger partial charge >= 0.3 is 0 Å². The first-order valence-electron chi connectivity index (χ1n) is 7.23. The van der Waals surface area contributed by atoms with Crippen molar-refractivity contribution >= 4 is 15.9 Å². The van der Waals surface area contributed by atoms with Gasteiger partial charge in [-0.3, -0.25) is 0 Å². The summed E-state index contributed by atoms with van der Waals surface area (Å²) in [6.07, 6.45) is 4.59. The van der Waals surface area contributed by atoms with Crippen LogP contribution in [0.25, 0.3) is 0 Å². The fourth-order valence-electron chi connectivity index (χ4n) is 4.03. The van der Waals surface area contributed by atoms with E-state index in [4.69, 9.17) is 9.47 Å². The molecule has 4 heteroatoms. The molecule has 0 heterocycles. The number of halogens is 1. The van der Waals surface area contributed by atoms with Gasteiger partial charge in [0.25, 0.3) is 0 Å². The Labute approximate surface area is 128 Å². The maximum Gasteiger partial charge on any atom is 0.133 e. The molecule has 3 nitrogen and oxygen atoms in total. The highest BCUT2D eigenvalue weighted by Gasteiger charge is 2.43. The van der Waals surface area contributed by atoms with E-state index in [1.54, 1.807) is 14.2 Å². The first-order chi connectivity index (χ1) is 9.63. The van der Waals surface area contributed by atoms with Crippen LogP contribution >= 0.6 is 15.9 Å². The van der Waals surface area contributed by atoms with Gasteiger partial charge < -0.3 is 14.6 Å². The number of aliphatic hydroxyl groups is 1. The van der Waals surface area contributed by atoms with E-state index in [1.807, 2.05) is 12.1 Å². The number of rotatable bonds is 4. The molecule has 0 amide bonds. The molecule has 2 bridgehead atoms. The van der Waals surface area contributed by atoms with E-state index in [2.05, 4.69) is 15.9 Å². The summed E-state index contributed by atoms with van der Waals surface area (Å²) < 4.78 is 11.6. The van der Waals surface area contributed by atoms with Crippen LogP contribution in [0.15, 0.2) is 16.6 Å². The Kier molecular flexibility index (Phi) is 3.95. The zero-order chi connectivity index (χ0) is 14.3. The monoisotopic (exact) mass is 340 g/mol. The molecule has 0 spiro atoms. The molecule has 1 aromatic carbocycles. The van der Waals surface area contributed by atoms with Crippen molar-refractivity contribution in [3.8, 4) is 11.5 Å². The highest BCUT2D eigenvalue weighted by molar-refractivity contribution is 9.10. The van der Waals surface area contributed by atoms with Crippen LogP contribution in [0.1, 0.15) is 37.4 Å². The number of benzene rings is 1. The third kappa shape index (κ3) is 2.33. The average molecular weight is 341 g/mol. The van der Waals surface area contributed by atoms with Gasteiger partial charge in [0.2, 0.25) is 0 Å². The summed E-state index contributed by atoms with van der Waals surface area (Å²) in [7, 11) is 3.28. The lowest BCUT2D eigenvalue weighted by atomic mass is 9.82. The molecule has 0 aliphatic heterocycles. The molecule has 1 aromatic rings. The van der Waals surface area contributed by atoms with Crippen LogP contribution in [0.2, 0.25) is 0 Å². The smallest absolute Gasteiger partial charge is 0.133 e. The molecule has 0 aromatic heterocycles. The Balaban J connectivity index is 1.92. The van der Waals surface area contributed by atoms with Gasteiger partial charge in [-0.1, -0.05) is 6.42 Å². The SMILES string of the molecule is COc1cc(C(O)C2CC3CCC2C3)c(OC)cc1Br. The van der Waals surface area contributed by atoms with Crippen molar-refractivity contribution in [2.75, 3.05) is 14.2 Å². The van der Waals surface area contributed by atoms with Crippen LogP contribution in [0.5, 0.6) is 11.5 Å². The van der Waals surface area contributed by atoms with E-state index in [1.165, 1.54) is 19.3 Å². The van der Waals surface area contributed by atoms with E-state index in [-0.39, 0.29) is 0 Å². The zero-order valence-electron chi connectivity index (χ0n) is 11.9. The van der Waals surface area contributed by atoms with Gasteiger partial charge in [-0.2, -0.15) is 0 Å². The molecule has 1 N–H and O–H groups in total. The largest absolute Gasteiger partial charge is 0.496 e. The molecule has 2 fully saturated rings. The highest BCUT2D eigenvalue weighted by Crippen LogP contribution is 2.53. The van der Waals surface area contributed by atoms with Crippen LogP contribution in [0.3, 0.4) is 0 Å². The van der Waals surface area contributed by atoms with Crippen LogP contribution in [0, 0.1) is 17.8 Å². The molecular weight excluding hydrogens is 320 g/mol. The number of fused-ring (bicyclic) bond motifs is 2.